The second-order valence-electron chi connectivity index (χ2n) is 6.20. The molecule has 1 aromatic carbocycles. The van der Waals surface area contributed by atoms with Gasteiger partial charge in [-0.15, -0.1) is 0 Å². The number of hydrogen-bond donors (Lipinski definition) is 2. The summed E-state index contributed by atoms with van der Waals surface area (Å²) in [5.74, 6) is -1.40. The van der Waals surface area contributed by atoms with Crippen LogP contribution in [-0.2, 0) is 32.0 Å². The van der Waals surface area contributed by atoms with Gasteiger partial charge in [-0.1, -0.05) is 19.9 Å². The summed E-state index contributed by atoms with van der Waals surface area (Å²) in [6.45, 7) is 6.33. The van der Waals surface area contributed by atoms with Gasteiger partial charge in [0.1, 0.15) is 17.2 Å². The molecule has 0 aliphatic heterocycles. The number of nitrogens with one attached hydrogen (secondary N) is 1. The predicted molar refractivity (Wildman–Crippen MR) is 89.6 cm³/mol. The first-order chi connectivity index (χ1) is 11.3. The van der Waals surface area contributed by atoms with Crippen LogP contribution in [0.3, 0.4) is 0 Å². The first-order valence-corrected chi connectivity index (χ1v) is 8.22. The summed E-state index contributed by atoms with van der Waals surface area (Å²) >= 11 is 0. The molecular formula is C18H25F2N3O. The highest BCUT2D eigenvalue weighted by Gasteiger charge is 2.27. The van der Waals surface area contributed by atoms with Crippen molar-refractivity contribution in [3.63, 3.8) is 0 Å². The highest BCUT2D eigenvalue weighted by atomic mass is 19.1. The van der Waals surface area contributed by atoms with Crippen LogP contribution in [0.4, 0.5) is 8.78 Å². The van der Waals surface area contributed by atoms with Crippen molar-refractivity contribution in [2.24, 2.45) is 7.05 Å². The lowest BCUT2D eigenvalue weighted by Crippen LogP contribution is -2.36. The molecule has 1 aromatic heterocycles. The molecule has 2 rings (SSSR count). The first-order valence-electron chi connectivity index (χ1n) is 8.22. The zero-order chi connectivity index (χ0) is 17.9. The van der Waals surface area contributed by atoms with Gasteiger partial charge in [0.2, 0.25) is 0 Å². The fourth-order valence-corrected chi connectivity index (χ4v) is 3.05. The van der Waals surface area contributed by atoms with Crippen molar-refractivity contribution >= 4 is 0 Å². The van der Waals surface area contributed by atoms with Crippen molar-refractivity contribution in [3.8, 4) is 0 Å². The van der Waals surface area contributed by atoms with Gasteiger partial charge >= 0.3 is 0 Å². The standard InChI is InChI=1S/C18H25F2N3O/c1-5-16-13(17(6-2)23(4)22-16)10-21-11-18(3,24)14-8-7-12(19)9-15(14)20/h7-9,21,24H,5-6,10-11H2,1-4H3. The van der Waals surface area contributed by atoms with E-state index in [1.807, 2.05) is 11.7 Å². The average molecular weight is 337 g/mol. The maximum absolute atomic E-state index is 13.9. The molecule has 1 heterocycles. The van der Waals surface area contributed by atoms with Crippen molar-refractivity contribution in [1.29, 1.82) is 0 Å². The minimum Gasteiger partial charge on any atom is -0.384 e. The van der Waals surface area contributed by atoms with E-state index >= 15 is 0 Å². The number of rotatable bonds is 7. The fraction of sp³-hybridized carbons (Fsp3) is 0.500. The molecule has 0 spiro atoms. The molecule has 1 atom stereocenters. The van der Waals surface area contributed by atoms with Crippen LogP contribution in [-0.4, -0.2) is 21.4 Å². The predicted octanol–water partition coefficient (Wildman–Crippen LogP) is 2.82. The van der Waals surface area contributed by atoms with Gasteiger partial charge in [0.15, 0.2) is 0 Å². The molecule has 24 heavy (non-hydrogen) atoms. The Kier molecular flexibility index (Phi) is 5.72. The first kappa shape index (κ1) is 18.5. The second-order valence-corrected chi connectivity index (χ2v) is 6.20. The summed E-state index contributed by atoms with van der Waals surface area (Å²) in [7, 11) is 1.92. The van der Waals surface area contributed by atoms with Crippen molar-refractivity contribution in [3.05, 3.63) is 52.3 Å². The number of halogens is 2. The Bertz CT molecular complexity index is 711. The number of nitrogens with zero attached hydrogens (tertiary/aromatic N) is 2. The molecule has 4 nitrogen and oxygen atoms in total. The van der Waals surface area contributed by atoms with Crippen LogP contribution >= 0.6 is 0 Å². The molecule has 2 aromatic rings. The van der Waals surface area contributed by atoms with E-state index in [0.717, 1.165) is 41.9 Å². The highest BCUT2D eigenvalue weighted by Crippen LogP contribution is 2.24. The van der Waals surface area contributed by atoms with E-state index in [1.165, 1.54) is 13.0 Å². The molecule has 0 saturated heterocycles. The lowest BCUT2D eigenvalue weighted by molar-refractivity contribution is 0.0528. The second kappa shape index (κ2) is 7.40. The maximum Gasteiger partial charge on any atom is 0.132 e. The average Bonchev–Trinajstić information content (AvgIpc) is 2.81. The Labute approximate surface area is 141 Å². The van der Waals surface area contributed by atoms with Gasteiger partial charge in [-0.05, 0) is 25.8 Å². The summed E-state index contributed by atoms with van der Waals surface area (Å²) < 4.78 is 28.8. The molecule has 0 aliphatic rings. The normalized spacial score (nSPS) is 14.0. The smallest absolute Gasteiger partial charge is 0.132 e. The summed E-state index contributed by atoms with van der Waals surface area (Å²) in [6, 6.07) is 3.22. The zero-order valence-electron chi connectivity index (χ0n) is 14.7. The minimum absolute atomic E-state index is 0.0778. The van der Waals surface area contributed by atoms with Gasteiger partial charge in [-0.25, -0.2) is 8.78 Å². The van der Waals surface area contributed by atoms with Crippen LogP contribution in [0, 0.1) is 11.6 Å². The molecular weight excluding hydrogens is 312 g/mol. The van der Waals surface area contributed by atoms with E-state index < -0.39 is 17.2 Å². The summed E-state index contributed by atoms with van der Waals surface area (Å²) in [6.07, 6.45) is 1.69. The number of aromatic nitrogens is 2. The zero-order valence-corrected chi connectivity index (χ0v) is 14.7. The summed E-state index contributed by atoms with van der Waals surface area (Å²) in [5, 5.41) is 18.2. The van der Waals surface area contributed by atoms with Gasteiger partial charge in [0.05, 0.1) is 5.69 Å². The van der Waals surface area contributed by atoms with Crippen LogP contribution in [0.15, 0.2) is 18.2 Å². The Hall–Kier alpha value is -1.79. The van der Waals surface area contributed by atoms with Gasteiger partial charge < -0.3 is 10.4 Å². The maximum atomic E-state index is 13.9. The number of hydrogen-bond acceptors (Lipinski definition) is 3. The summed E-state index contributed by atoms with van der Waals surface area (Å²) in [4.78, 5) is 0. The molecule has 0 saturated carbocycles. The number of aliphatic hydroxyl groups is 1. The van der Waals surface area contributed by atoms with Crippen LogP contribution in [0.5, 0.6) is 0 Å². The molecule has 0 radical (unpaired) electrons. The van der Waals surface area contributed by atoms with Crippen molar-refractivity contribution in [2.45, 2.75) is 45.8 Å². The molecule has 0 fully saturated rings. The lowest BCUT2D eigenvalue weighted by atomic mass is 9.95. The number of aryl methyl sites for hydroxylation is 2. The molecule has 0 bridgehead atoms. The Balaban J connectivity index is 2.11. The summed E-state index contributed by atoms with van der Waals surface area (Å²) in [5.41, 5.74) is 1.94. The van der Waals surface area contributed by atoms with E-state index in [0.29, 0.717) is 6.54 Å². The van der Waals surface area contributed by atoms with Crippen molar-refractivity contribution in [2.75, 3.05) is 6.54 Å². The van der Waals surface area contributed by atoms with Crippen LogP contribution in [0.25, 0.3) is 0 Å². The van der Waals surface area contributed by atoms with Crippen molar-refractivity contribution < 1.29 is 13.9 Å². The molecule has 1 unspecified atom stereocenters. The Morgan fingerprint density at radius 1 is 1.25 bits per heavy atom. The van der Waals surface area contributed by atoms with Gasteiger partial charge in [-0.3, -0.25) is 4.68 Å². The molecule has 0 aliphatic carbocycles. The molecule has 6 heteroatoms. The van der Waals surface area contributed by atoms with E-state index in [1.54, 1.807) is 0 Å². The topological polar surface area (TPSA) is 50.1 Å². The van der Waals surface area contributed by atoms with Crippen LogP contribution < -0.4 is 5.32 Å². The van der Waals surface area contributed by atoms with Gasteiger partial charge in [0, 0.05) is 43.0 Å². The third-order valence-electron chi connectivity index (χ3n) is 4.31. The molecule has 2 N–H and O–H groups in total. The third-order valence-corrected chi connectivity index (χ3v) is 4.31. The Morgan fingerprint density at radius 3 is 2.54 bits per heavy atom. The monoisotopic (exact) mass is 337 g/mol. The van der Waals surface area contributed by atoms with E-state index in [9.17, 15) is 13.9 Å². The van der Waals surface area contributed by atoms with Gasteiger partial charge in [0.25, 0.3) is 0 Å². The van der Waals surface area contributed by atoms with Crippen molar-refractivity contribution in [1.82, 2.24) is 15.1 Å². The quantitative estimate of drug-likeness (QED) is 0.817. The Morgan fingerprint density at radius 2 is 1.96 bits per heavy atom. The fourth-order valence-electron chi connectivity index (χ4n) is 3.05. The van der Waals surface area contributed by atoms with E-state index in [-0.39, 0.29) is 12.1 Å². The molecule has 132 valence electrons. The number of benzene rings is 1. The van der Waals surface area contributed by atoms with Crippen LogP contribution in [0.2, 0.25) is 0 Å². The molecule has 0 amide bonds. The van der Waals surface area contributed by atoms with E-state index in [4.69, 9.17) is 0 Å². The van der Waals surface area contributed by atoms with E-state index in [2.05, 4.69) is 24.3 Å². The largest absolute Gasteiger partial charge is 0.384 e. The van der Waals surface area contributed by atoms with Crippen LogP contribution in [0.1, 0.15) is 43.3 Å². The SMILES string of the molecule is CCc1nn(C)c(CC)c1CNCC(C)(O)c1ccc(F)cc1F. The lowest BCUT2D eigenvalue weighted by Gasteiger charge is -2.25. The minimum atomic E-state index is -1.43. The third kappa shape index (κ3) is 3.82. The van der Waals surface area contributed by atoms with Gasteiger partial charge in [-0.2, -0.15) is 5.10 Å². The highest BCUT2D eigenvalue weighted by molar-refractivity contribution is 5.27.